The van der Waals surface area contributed by atoms with E-state index in [0.717, 1.165) is 6.42 Å². The third-order valence-corrected chi connectivity index (χ3v) is 5.05. The molecule has 1 aromatic rings. The van der Waals surface area contributed by atoms with Crippen LogP contribution in [0.5, 0.6) is 0 Å². The number of hydrogen-bond donors (Lipinski definition) is 1. The van der Waals surface area contributed by atoms with Gasteiger partial charge in [-0.25, -0.2) is 8.42 Å². The number of para-hydroxylation sites is 1. The average molecular weight is 256 g/mol. The van der Waals surface area contributed by atoms with E-state index in [9.17, 15) is 8.42 Å². The van der Waals surface area contributed by atoms with Gasteiger partial charge in [0.15, 0.2) is 0 Å². The lowest BCUT2D eigenvalue weighted by Crippen LogP contribution is -2.34. The molecule has 0 aliphatic carbocycles. The summed E-state index contributed by atoms with van der Waals surface area (Å²) < 4.78 is 26.2. The molecule has 0 aliphatic heterocycles. The summed E-state index contributed by atoms with van der Waals surface area (Å²) in [7, 11) is -0.0814. The largest absolute Gasteiger partial charge is 0.387 e. The highest BCUT2D eigenvalue weighted by Crippen LogP contribution is 2.24. The molecule has 1 atom stereocenters. The number of benzene rings is 1. The average Bonchev–Trinajstić information content (AvgIpc) is 2.36. The van der Waals surface area contributed by atoms with Gasteiger partial charge in [0.1, 0.15) is 4.90 Å². The van der Waals surface area contributed by atoms with Crippen LogP contribution in [0, 0.1) is 0 Å². The number of hydrogen-bond acceptors (Lipinski definition) is 3. The minimum atomic E-state index is -3.42. The summed E-state index contributed by atoms with van der Waals surface area (Å²) >= 11 is 0. The van der Waals surface area contributed by atoms with Gasteiger partial charge in [0.05, 0.1) is 5.69 Å². The number of sulfonamides is 1. The molecule has 4 nitrogen and oxygen atoms in total. The maximum Gasteiger partial charge on any atom is 0.245 e. The predicted octanol–water partition coefficient (Wildman–Crippen LogP) is 2.15. The van der Waals surface area contributed by atoms with Crippen molar-refractivity contribution in [2.24, 2.45) is 0 Å². The van der Waals surface area contributed by atoms with E-state index in [0.29, 0.717) is 10.6 Å². The monoisotopic (exact) mass is 256 g/mol. The van der Waals surface area contributed by atoms with Crippen molar-refractivity contribution in [2.75, 3.05) is 19.4 Å². The summed E-state index contributed by atoms with van der Waals surface area (Å²) in [5.74, 6) is 0. The maximum absolute atomic E-state index is 12.4. The number of nitrogens with one attached hydrogen (secondary N) is 1. The van der Waals surface area contributed by atoms with E-state index < -0.39 is 10.0 Å². The van der Waals surface area contributed by atoms with Crippen LogP contribution in [0.15, 0.2) is 29.2 Å². The summed E-state index contributed by atoms with van der Waals surface area (Å²) in [4.78, 5) is 0.324. The Labute approximate surface area is 104 Å². The van der Waals surface area contributed by atoms with E-state index in [1.807, 2.05) is 19.9 Å². The normalized spacial score (nSPS) is 13.7. The van der Waals surface area contributed by atoms with Crippen molar-refractivity contribution in [3.63, 3.8) is 0 Å². The fourth-order valence-electron chi connectivity index (χ4n) is 1.55. The highest BCUT2D eigenvalue weighted by molar-refractivity contribution is 7.89. The summed E-state index contributed by atoms with van der Waals surface area (Å²) in [6.07, 6.45) is 0.789. The predicted molar refractivity (Wildman–Crippen MR) is 70.7 cm³/mol. The minimum absolute atomic E-state index is 0.00934. The molecule has 96 valence electrons. The second-order valence-corrected chi connectivity index (χ2v) is 5.99. The van der Waals surface area contributed by atoms with Crippen molar-refractivity contribution in [3.8, 4) is 0 Å². The van der Waals surface area contributed by atoms with Gasteiger partial charge in [-0.1, -0.05) is 19.1 Å². The van der Waals surface area contributed by atoms with Gasteiger partial charge in [-0.3, -0.25) is 0 Å². The second-order valence-electron chi connectivity index (χ2n) is 4.02. The summed E-state index contributed by atoms with van der Waals surface area (Å²) in [6.45, 7) is 3.88. The van der Waals surface area contributed by atoms with E-state index in [4.69, 9.17) is 0 Å². The fourth-order valence-corrected chi connectivity index (χ4v) is 3.18. The fraction of sp³-hybridized carbons (Fsp3) is 0.500. The molecule has 1 N–H and O–H groups in total. The Morgan fingerprint density at radius 3 is 2.47 bits per heavy atom. The van der Waals surface area contributed by atoms with Gasteiger partial charge in [-0.15, -0.1) is 0 Å². The van der Waals surface area contributed by atoms with Gasteiger partial charge in [-0.2, -0.15) is 4.31 Å². The van der Waals surface area contributed by atoms with Crippen LogP contribution in [0.4, 0.5) is 5.69 Å². The van der Waals surface area contributed by atoms with Crippen LogP contribution in [0.3, 0.4) is 0 Å². The molecular formula is C12H20N2O2S. The molecule has 0 fully saturated rings. The Morgan fingerprint density at radius 1 is 1.35 bits per heavy atom. The molecule has 17 heavy (non-hydrogen) atoms. The van der Waals surface area contributed by atoms with Gasteiger partial charge < -0.3 is 5.32 Å². The Kier molecular flexibility index (Phi) is 4.54. The van der Waals surface area contributed by atoms with E-state index >= 15 is 0 Å². The van der Waals surface area contributed by atoms with Crippen LogP contribution < -0.4 is 5.32 Å². The SMILES string of the molecule is CCC(C)N(C)S(=O)(=O)c1ccccc1NC. The molecule has 0 saturated heterocycles. The lowest BCUT2D eigenvalue weighted by atomic mass is 10.3. The van der Waals surface area contributed by atoms with Crippen molar-refractivity contribution in [3.05, 3.63) is 24.3 Å². The third kappa shape index (κ3) is 2.79. The van der Waals surface area contributed by atoms with Gasteiger partial charge in [0.25, 0.3) is 0 Å². The van der Waals surface area contributed by atoms with Gasteiger partial charge in [0.2, 0.25) is 10.0 Å². The lowest BCUT2D eigenvalue weighted by Gasteiger charge is -2.24. The van der Waals surface area contributed by atoms with Crippen molar-refractivity contribution >= 4 is 15.7 Å². The van der Waals surface area contributed by atoms with Crippen LogP contribution >= 0.6 is 0 Å². The first-order chi connectivity index (χ1) is 7.95. The second kappa shape index (κ2) is 5.51. The Balaban J connectivity index is 3.22. The molecule has 0 aliphatic rings. The molecule has 1 aromatic carbocycles. The number of nitrogens with zero attached hydrogens (tertiary/aromatic N) is 1. The number of anilines is 1. The number of rotatable bonds is 5. The van der Waals surface area contributed by atoms with Crippen LogP contribution in [-0.2, 0) is 10.0 Å². The van der Waals surface area contributed by atoms with Crippen molar-refractivity contribution in [1.82, 2.24) is 4.31 Å². The van der Waals surface area contributed by atoms with E-state index in [-0.39, 0.29) is 6.04 Å². The standard InChI is InChI=1S/C12H20N2O2S/c1-5-10(2)14(4)17(15,16)12-9-7-6-8-11(12)13-3/h6-10,13H,5H2,1-4H3. The van der Waals surface area contributed by atoms with Gasteiger partial charge in [0, 0.05) is 20.1 Å². The zero-order valence-corrected chi connectivity index (χ0v) is 11.6. The lowest BCUT2D eigenvalue weighted by molar-refractivity contribution is 0.381. The molecule has 0 spiro atoms. The summed E-state index contributed by atoms with van der Waals surface area (Å²) in [5, 5.41) is 2.91. The molecule has 0 amide bonds. The zero-order valence-electron chi connectivity index (χ0n) is 10.8. The van der Waals surface area contributed by atoms with Crippen molar-refractivity contribution in [1.29, 1.82) is 0 Å². The summed E-state index contributed by atoms with van der Waals surface area (Å²) in [6, 6.07) is 6.92. The zero-order chi connectivity index (χ0) is 13.1. The molecule has 0 aromatic heterocycles. The van der Waals surface area contributed by atoms with Gasteiger partial charge >= 0.3 is 0 Å². The summed E-state index contributed by atoms with van der Waals surface area (Å²) in [5.41, 5.74) is 0.627. The van der Waals surface area contributed by atoms with Gasteiger partial charge in [-0.05, 0) is 25.5 Å². The van der Waals surface area contributed by atoms with Crippen LogP contribution in [0.25, 0.3) is 0 Å². The highest BCUT2D eigenvalue weighted by Gasteiger charge is 2.26. The van der Waals surface area contributed by atoms with Crippen LogP contribution in [0.2, 0.25) is 0 Å². The van der Waals surface area contributed by atoms with E-state index in [1.54, 1.807) is 32.3 Å². The first kappa shape index (κ1) is 14.0. The molecule has 0 heterocycles. The first-order valence-electron chi connectivity index (χ1n) is 5.70. The topological polar surface area (TPSA) is 49.4 Å². The smallest absolute Gasteiger partial charge is 0.245 e. The molecule has 0 radical (unpaired) electrons. The van der Waals surface area contributed by atoms with E-state index in [1.165, 1.54) is 4.31 Å². The Morgan fingerprint density at radius 2 is 1.94 bits per heavy atom. The molecule has 1 unspecified atom stereocenters. The third-order valence-electron chi connectivity index (χ3n) is 3.02. The van der Waals surface area contributed by atoms with E-state index in [2.05, 4.69) is 5.32 Å². The molecule has 5 heteroatoms. The highest BCUT2D eigenvalue weighted by atomic mass is 32.2. The van der Waals surface area contributed by atoms with Crippen LogP contribution in [0.1, 0.15) is 20.3 Å². The quantitative estimate of drug-likeness (QED) is 0.878. The molecule has 1 rings (SSSR count). The Hall–Kier alpha value is -1.07. The first-order valence-corrected chi connectivity index (χ1v) is 7.14. The van der Waals surface area contributed by atoms with Crippen LogP contribution in [-0.4, -0.2) is 32.9 Å². The minimum Gasteiger partial charge on any atom is -0.387 e. The maximum atomic E-state index is 12.4. The molecule has 0 saturated carbocycles. The Bertz CT molecular complexity index is 471. The van der Waals surface area contributed by atoms with Crippen molar-refractivity contribution in [2.45, 2.75) is 31.2 Å². The van der Waals surface area contributed by atoms with Crippen molar-refractivity contribution < 1.29 is 8.42 Å². The molecule has 0 bridgehead atoms. The molecular weight excluding hydrogens is 236 g/mol.